The number of hydrogen-bond acceptors (Lipinski definition) is 6. The molecule has 2 aromatic heterocycles. The molecule has 0 unspecified atom stereocenters. The number of carbonyl (C=O) groups excluding carboxylic acids is 3. The monoisotopic (exact) mass is 525 g/mol. The van der Waals surface area contributed by atoms with Gasteiger partial charge in [-0.2, -0.15) is 0 Å². The van der Waals surface area contributed by atoms with Crippen LogP contribution in [0.4, 0.5) is 0 Å². The molecule has 0 N–H and O–H groups in total. The molecule has 0 saturated heterocycles. The molecule has 0 bridgehead atoms. The Balaban J connectivity index is 1.58. The number of amides is 1. The van der Waals surface area contributed by atoms with Crippen LogP contribution in [0.2, 0.25) is 5.02 Å². The lowest BCUT2D eigenvalue weighted by atomic mass is 9.96. The predicted octanol–water partition coefficient (Wildman–Crippen LogP) is 4.96. The Morgan fingerprint density at radius 1 is 1.00 bits per heavy atom. The minimum atomic E-state index is -0.728. The summed E-state index contributed by atoms with van der Waals surface area (Å²) in [5.41, 5.74) is 4.36. The molecule has 8 heteroatoms. The first-order valence-corrected chi connectivity index (χ1v) is 12.5. The smallest absolute Gasteiger partial charge is 0.338 e. The topological polar surface area (TPSA) is 89.5 Å². The van der Waals surface area contributed by atoms with Gasteiger partial charge in [-0.1, -0.05) is 23.7 Å². The number of esters is 1. The quantitative estimate of drug-likeness (QED) is 0.330. The van der Waals surface area contributed by atoms with Gasteiger partial charge in [0.25, 0.3) is 5.91 Å². The van der Waals surface area contributed by atoms with Crippen LogP contribution in [0.15, 0.2) is 85.3 Å². The van der Waals surface area contributed by atoms with Gasteiger partial charge in [-0.05, 0) is 76.9 Å². The largest absolute Gasteiger partial charge is 0.465 e. The van der Waals surface area contributed by atoms with E-state index in [1.54, 1.807) is 66.0 Å². The molecule has 38 heavy (non-hydrogen) atoms. The Labute approximate surface area is 225 Å². The van der Waals surface area contributed by atoms with Crippen LogP contribution in [0.1, 0.15) is 37.5 Å². The summed E-state index contributed by atoms with van der Waals surface area (Å²) < 4.78 is 4.99. The van der Waals surface area contributed by atoms with Gasteiger partial charge in [0.05, 0.1) is 18.7 Å². The first kappa shape index (κ1) is 25.3. The van der Waals surface area contributed by atoms with Crippen molar-refractivity contribution in [3.63, 3.8) is 0 Å². The number of aromatic nitrogens is 2. The summed E-state index contributed by atoms with van der Waals surface area (Å²) in [4.78, 5) is 50.0. The van der Waals surface area contributed by atoms with Crippen molar-refractivity contribution in [1.82, 2.24) is 14.9 Å². The van der Waals surface area contributed by atoms with E-state index in [4.69, 9.17) is 16.3 Å². The minimum absolute atomic E-state index is 0.0921. The van der Waals surface area contributed by atoms with Crippen molar-refractivity contribution in [1.29, 1.82) is 0 Å². The fraction of sp³-hybridized carbons (Fsp3) is 0.167. The third-order valence-corrected chi connectivity index (χ3v) is 6.87. The van der Waals surface area contributed by atoms with Crippen molar-refractivity contribution in [3.05, 3.63) is 118 Å². The van der Waals surface area contributed by atoms with Crippen LogP contribution in [-0.2, 0) is 28.9 Å². The number of halogens is 1. The van der Waals surface area contributed by atoms with E-state index < -0.39 is 12.0 Å². The average molecular weight is 526 g/mol. The van der Waals surface area contributed by atoms with Crippen LogP contribution in [-0.4, -0.2) is 45.7 Å². The van der Waals surface area contributed by atoms with Crippen molar-refractivity contribution in [3.8, 4) is 11.1 Å². The van der Waals surface area contributed by atoms with Crippen LogP contribution >= 0.6 is 11.6 Å². The number of fused-ring (bicyclic) bond motifs is 1. The number of pyridine rings is 2. The molecule has 190 valence electrons. The molecule has 2 aromatic carbocycles. The zero-order valence-electron chi connectivity index (χ0n) is 20.6. The van der Waals surface area contributed by atoms with Crippen molar-refractivity contribution in [2.45, 2.75) is 25.4 Å². The van der Waals surface area contributed by atoms with Crippen LogP contribution in [0.3, 0.4) is 0 Å². The third-order valence-electron chi connectivity index (χ3n) is 6.63. The predicted molar refractivity (Wildman–Crippen MR) is 143 cm³/mol. The number of ketones is 1. The minimum Gasteiger partial charge on any atom is -0.465 e. The summed E-state index contributed by atoms with van der Waals surface area (Å²) in [7, 11) is 1.33. The van der Waals surface area contributed by atoms with Gasteiger partial charge in [0.1, 0.15) is 0 Å². The molecule has 0 spiro atoms. The zero-order valence-corrected chi connectivity index (χ0v) is 21.4. The van der Waals surface area contributed by atoms with Gasteiger partial charge in [0.15, 0.2) is 5.78 Å². The van der Waals surface area contributed by atoms with E-state index in [1.165, 1.54) is 7.11 Å². The lowest BCUT2D eigenvalue weighted by Gasteiger charge is -2.29. The van der Waals surface area contributed by atoms with Crippen molar-refractivity contribution < 1.29 is 19.1 Å². The highest BCUT2D eigenvalue weighted by Crippen LogP contribution is 2.29. The van der Waals surface area contributed by atoms with Gasteiger partial charge >= 0.3 is 5.97 Å². The molecule has 5 rings (SSSR count). The highest BCUT2D eigenvalue weighted by molar-refractivity contribution is 6.30. The van der Waals surface area contributed by atoms with Crippen molar-refractivity contribution >= 4 is 29.3 Å². The van der Waals surface area contributed by atoms with E-state index in [9.17, 15) is 14.4 Å². The van der Waals surface area contributed by atoms with Crippen molar-refractivity contribution in [2.75, 3.05) is 7.11 Å². The molecule has 3 heterocycles. The maximum atomic E-state index is 13.9. The number of hydrogen-bond donors (Lipinski definition) is 0. The Morgan fingerprint density at radius 2 is 1.82 bits per heavy atom. The van der Waals surface area contributed by atoms with Crippen LogP contribution in [0, 0.1) is 0 Å². The number of Topliss-reactive ketones (excluding diaryl/α,β-unsaturated/α-hetero) is 1. The van der Waals surface area contributed by atoms with Crippen LogP contribution in [0.5, 0.6) is 0 Å². The average Bonchev–Trinajstić information content (AvgIpc) is 3.03. The number of ether oxygens (including phenoxy) is 1. The maximum Gasteiger partial charge on any atom is 0.338 e. The number of benzene rings is 2. The molecule has 0 saturated carbocycles. The first-order chi connectivity index (χ1) is 18.4. The maximum absolute atomic E-state index is 13.9. The zero-order chi connectivity index (χ0) is 26.6. The van der Waals surface area contributed by atoms with Gasteiger partial charge < -0.3 is 9.64 Å². The molecule has 7 nitrogen and oxygen atoms in total. The summed E-state index contributed by atoms with van der Waals surface area (Å²) in [6.07, 6.45) is 5.34. The number of rotatable bonds is 6. The highest BCUT2D eigenvalue weighted by Gasteiger charge is 2.36. The Hall–Kier alpha value is -4.36. The van der Waals surface area contributed by atoms with Gasteiger partial charge in [0.2, 0.25) is 0 Å². The second kappa shape index (κ2) is 10.9. The second-order valence-electron chi connectivity index (χ2n) is 9.03. The normalized spacial score (nSPS) is 15.1. The lowest BCUT2D eigenvalue weighted by Crippen LogP contribution is -2.45. The molecule has 1 atom stereocenters. The van der Waals surface area contributed by atoms with Gasteiger partial charge in [0, 0.05) is 54.3 Å². The summed E-state index contributed by atoms with van der Waals surface area (Å²) >= 11 is 6.20. The molecule has 0 radical (unpaired) electrons. The summed E-state index contributed by atoms with van der Waals surface area (Å²) in [6.45, 7) is 0.156. The standard InChI is InChI=1S/C30H24ClN3O4/c1-38-30(37)25-7-5-19(14-26(25)20-9-12-32-13-10-20)18-34-27(17-23-4-2-3-11-33-23)28(35)16-21-15-22(31)6-8-24(21)29(34)36/h2-15,27H,16-18H2,1H3/t27-/m1/s1. The fourth-order valence-electron chi connectivity index (χ4n) is 4.76. The molecular weight excluding hydrogens is 502 g/mol. The van der Waals surface area contributed by atoms with Gasteiger partial charge in [-0.15, -0.1) is 0 Å². The molecule has 4 aromatic rings. The fourth-order valence-corrected chi connectivity index (χ4v) is 4.96. The molecule has 0 aliphatic carbocycles. The first-order valence-electron chi connectivity index (χ1n) is 12.1. The van der Waals surface area contributed by atoms with Gasteiger partial charge in [-0.3, -0.25) is 19.6 Å². The van der Waals surface area contributed by atoms with E-state index in [2.05, 4.69) is 9.97 Å². The van der Waals surface area contributed by atoms with Crippen molar-refractivity contribution in [2.24, 2.45) is 0 Å². The SMILES string of the molecule is COC(=O)c1ccc(CN2C(=O)c3ccc(Cl)cc3CC(=O)[C@H]2Cc2ccccn2)cc1-c1ccncc1. The van der Waals surface area contributed by atoms with Crippen LogP contribution in [0.25, 0.3) is 11.1 Å². The molecule has 1 aliphatic heterocycles. The number of nitrogens with zero attached hydrogens (tertiary/aromatic N) is 3. The third kappa shape index (κ3) is 5.19. The number of methoxy groups -OCH3 is 1. The number of carbonyl (C=O) groups is 3. The molecule has 1 amide bonds. The Kier molecular flexibility index (Phi) is 7.29. The lowest BCUT2D eigenvalue weighted by molar-refractivity contribution is -0.122. The second-order valence-corrected chi connectivity index (χ2v) is 9.46. The summed E-state index contributed by atoms with van der Waals surface area (Å²) in [5.74, 6) is -0.820. The van der Waals surface area contributed by atoms with E-state index in [0.717, 1.165) is 11.1 Å². The Morgan fingerprint density at radius 3 is 2.55 bits per heavy atom. The van der Waals surface area contributed by atoms with E-state index >= 15 is 0 Å². The van der Waals surface area contributed by atoms with Gasteiger partial charge in [-0.25, -0.2) is 4.79 Å². The summed E-state index contributed by atoms with van der Waals surface area (Å²) in [6, 6.07) is 18.7. The molecule has 1 aliphatic rings. The Bertz CT molecular complexity index is 1510. The summed E-state index contributed by atoms with van der Waals surface area (Å²) in [5, 5.41) is 0.472. The van der Waals surface area contributed by atoms with E-state index in [-0.39, 0.29) is 31.1 Å². The molecule has 0 fully saturated rings. The van der Waals surface area contributed by atoms with E-state index in [1.807, 2.05) is 24.3 Å². The van der Waals surface area contributed by atoms with E-state index in [0.29, 0.717) is 33.0 Å². The molecular formula is C30H24ClN3O4. The highest BCUT2D eigenvalue weighted by atomic mass is 35.5. The van der Waals surface area contributed by atoms with Crippen LogP contribution < -0.4 is 0 Å².